The minimum Gasteiger partial charge on any atom is -0.497 e. The van der Waals surface area contributed by atoms with Gasteiger partial charge >= 0.3 is 0 Å². The lowest BCUT2D eigenvalue weighted by molar-refractivity contribution is -0.139. The second-order valence-electron chi connectivity index (χ2n) is 7.58. The van der Waals surface area contributed by atoms with Crippen molar-refractivity contribution in [3.8, 4) is 5.75 Å². The number of benzene rings is 2. The molecule has 2 atom stereocenters. The SMILES string of the molecule is COc1ccc(CN(C(C)=O)[C@H](Cc2ccccc2)C(=O)NC[C@@H]2CCCO2)cc1. The van der Waals surface area contributed by atoms with Crippen molar-refractivity contribution < 1.29 is 19.1 Å². The summed E-state index contributed by atoms with van der Waals surface area (Å²) in [5.41, 5.74) is 1.95. The van der Waals surface area contributed by atoms with Gasteiger partial charge in [-0.25, -0.2) is 0 Å². The average molecular weight is 411 g/mol. The fraction of sp³-hybridized carbons (Fsp3) is 0.417. The molecule has 2 amide bonds. The predicted octanol–water partition coefficient (Wildman–Crippen LogP) is 2.95. The highest BCUT2D eigenvalue weighted by molar-refractivity contribution is 5.87. The first-order chi connectivity index (χ1) is 14.6. The number of amides is 2. The van der Waals surface area contributed by atoms with Crippen LogP contribution >= 0.6 is 0 Å². The Kier molecular flexibility index (Phi) is 7.85. The van der Waals surface area contributed by atoms with Crippen LogP contribution in [0.15, 0.2) is 54.6 Å². The van der Waals surface area contributed by atoms with E-state index in [1.54, 1.807) is 12.0 Å². The molecule has 0 radical (unpaired) electrons. The average Bonchev–Trinajstić information content (AvgIpc) is 3.29. The molecular formula is C24H30N2O4. The van der Waals surface area contributed by atoms with Crippen molar-refractivity contribution >= 4 is 11.8 Å². The second kappa shape index (κ2) is 10.8. The summed E-state index contributed by atoms with van der Waals surface area (Å²) < 4.78 is 10.8. The molecule has 30 heavy (non-hydrogen) atoms. The Bertz CT molecular complexity index is 817. The van der Waals surface area contributed by atoms with E-state index in [4.69, 9.17) is 9.47 Å². The lowest BCUT2D eigenvalue weighted by Crippen LogP contribution is -2.51. The van der Waals surface area contributed by atoms with Crippen LogP contribution in [0.3, 0.4) is 0 Å². The number of nitrogens with one attached hydrogen (secondary N) is 1. The quantitative estimate of drug-likeness (QED) is 0.690. The Morgan fingerprint density at radius 3 is 2.47 bits per heavy atom. The zero-order valence-corrected chi connectivity index (χ0v) is 17.7. The molecule has 1 saturated heterocycles. The zero-order valence-electron chi connectivity index (χ0n) is 17.7. The summed E-state index contributed by atoms with van der Waals surface area (Å²) in [6, 6.07) is 16.7. The van der Waals surface area contributed by atoms with Crippen LogP contribution in [0.2, 0.25) is 0 Å². The summed E-state index contributed by atoms with van der Waals surface area (Å²) in [7, 11) is 1.62. The van der Waals surface area contributed by atoms with E-state index in [0.717, 1.165) is 36.3 Å². The highest BCUT2D eigenvalue weighted by Gasteiger charge is 2.29. The monoisotopic (exact) mass is 410 g/mol. The number of methoxy groups -OCH3 is 1. The van der Waals surface area contributed by atoms with Crippen LogP contribution in [0.4, 0.5) is 0 Å². The number of hydrogen-bond donors (Lipinski definition) is 1. The molecule has 3 rings (SSSR count). The van der Waals surface area contributed by atoms with Gasteiger partial charge in [-0.2, -0.15) is 0 Å². The third-order valence-corrected chi connectivity index (χ3v) is 5.40. The van der Waals surface area contributed by atoms with Crippen molar-refractivity contribution in [1.82, 2.24) is 10.2 Å². The van der Waals surface area contributed by atoms with Crippen LogP contribution in [0.1, 0.15) is 30.9 Å². The molecule has 6 heteroatoms. The van der Waals surface area contributed by atoms with Gasteiger partial charge in [-0.1, -0.05) is 42.5 Å². The Balaban J connectivity index is 1.78. The van der Waals surface area contributed by atoms with Gasteiger partial charge in [0.2, 0.25) is 11.8 Å². The van der Waals surface area contributed by atoms with Crippen LogP contribution in [0.25, 0.3) is 0 Å². The molecule has 0 bridgehead atoms. The van der Waals surface area contributed by atoms with E-state index in [9.17, 15) is 9.59 Å². The van der Waals surface area contributed by atoms with Crippen molar-refractivity contribution in [3.63, 3.8) is 0 Å². The number of carbonyl (C=O) groups is 2. The van der Waals surface area contributed by atoms with E-state index >= 15 is 0 Å². The van der Waals surface area contributed by atoms with Gasteiger partial charge in [-0.3, -0.25) is 9.59 Å². The lowest BCUT2D eigenvalue weighted by atomic mass is 10.0. The number of rotatable bonds is 9. The fourth-order valence-corrected chi connectivity index (χ4v) is 3.69. The maximum Gasteiger partial charge on any atom is 0.243 e. The Labute approximate surface area is 178 Å². The molecule has 1 aliphatic heterocycles. The van der Waals surface area contributed by atoms with Gasteiger partial charge in [0.25, 0.3) is 0 Å². The van der Waals surface area contributed by atoms with Crippen molar-refractivity contribution in [3.05, 3.63) is 65.7 Å². The molecule has 1 fully saturated rings. The molecule has 6 nitrogen and oxygen atoms in total. The van der Waals surface area contributed by atoms with Gasteiger partial charge in [-0.05, 0) is 36.1 Å². The highest BCUT2D eigenvalue weighted by Crippen LogP contribution is 2.18. The van der Waals surface area contributed by atoms with Crippen molar-refractivity contribution in [2.75, 3.05) is 20.3 Å². The lowest BCUT2D eigenvalue weighted by Gasteiger charge is -2.31. The van der Waals surface area contributed by atoms with Crippen LogP contribution in [-0.4, -0.2) is 49.1 Å². The topological polar surface area (TPSA) is 67.9 Å². The van der Waals surface area contributed by atoms with Crippen molar-refractivity contribution in [2.45, 2.75) is 44.9 Å². The number of hydrogen-bond acceptors (Lipinski definition) is 4. The highest BCUT2D eigenvalue weighted by atomic mass is 16.5. The van der Waals surface area contributed by atoms with Crippen LogP contribution < -0.4 is 10.1 Å². The molecule has 1 N–H and O–H groups in total. The van der Waals surface area contributed by atoms with Crippen molar-refractivity contribution in [2.24, 2.45) is 0 Å². The minimum absolute atomic E-state index is 0.0543. The van der Waals surface area contributed by atoms with Gasteiger partial charge in [0.15, 0.2) is 0 Å². The van der Waals surface area contributed by atoms with Crippen LogP contribution in [0.5, 0.6) is 5.75 Å². The standard InChI is InChI=1S/C24H30N2O4/c1-18(27)26(17-20-10-12-21(29-2)13-11-20)23(15-19-7-4-3-5-8-19)24(28)25-16-22-9-6-14-30-22/h3-5,7-8,10-13,22-23H,6,9,14-17H2,1-2H3,(H,25,28)/t22-,23+/m0/s1. The van der Waals surface area contributed by atoms with E-state index in [-0.39, 0.29) is 17.9 Å². The van der Waals surface area contributed by atoms with Crippen LogP contribution in [-0.2, 0) is 27.3 Å². The largest absolute Gasteiger partial charge is 0.497 e. The van der Waals surface area contributed by atoms with Gasteiger partial charge in [0, 0.05) is 33.0 Å². The Morgan fingerprint density at radius 2 is 1.87 bits per heavy atom. The predicted molar refractivity (Wildman–Crippen MR) is 115 cm³/mol. The van der Waals surface area contributed by atoms with E-state index in [2.05, 4.69) is 5.32 Å². The molecule has 160 valence electrons. The number of ether oxygens (including phenoxy) is 2. The van der Waals surface area contributed by atoms with Crippen LogP contribution in [0, 0.1) is 0 Å². The molecule has 2 aromatic rings. The molecule has 1 aliphatic rings. The summed E-state index contributed by atoms with van der Waals surface area (Å²) in [5, 5.41) is 3.01. The molecular weight excluding hydrogens is 380 g/mol. The molecule has 0 unspecified atom stereocenters. The van der Waals surface area contributed by atoms with Gasteiger partial charge < -0.3 is 19.7 Å². The molecule has 0 aliphatic carbocycles. The molecule has 1 heterocycles. The van der Waals surface area contributed by atoms with Gasteiger partial charge in [0.1, 0.15) is 11.8 Å². The summed E-state index contributed by atoms with van der Waals surface area (Å²) in [5.74, 6) is 0.459. The number of carbonyl (C=O) groups excluding carboxylic acids is 2. The smallest absolute Gasteiger partial charge is 0.243 e. The Hall–Kier alpha value is -2.86. The molecule has 0 saturated carbocycles. The second-order valence-corrected chi connectivity index (χ2v) is 7.58. The minimum atomic E-state index is -0.603. The third kappa shape index (κ3) is 6.07. The maximum atomic E-state index is 13.2. The first kappa shape index (κ1) is 21.8. The fourth-order valence-electron chi connectivity index (χ4n) is 3.69. The van der Waals surface area contributed by atoms with E-state index in [1.807, 2.05) is 54.6 Å². The first-order valence-corrected chi connectivity index (χ1v) is 10.4. The summed E-state index contributed by atoms with van der Waals surface area (Å²) in [4.78, 5) is 27.4. The number of nitrogens with zero attached hydrogens (tertiary/aromatic N) is 1. The normalized spacial score (nSPS) is 16.7. The molecule has 0 spiro atoms. The maximum absolute atomic E-state index is 13.2. The Morgan fingerprint density at radius 1 is 1.13 bits per heavy atom. The van der Waals surface area contributed by atoms with E-state index < -0.39 is 6.04 Å². The van der Waals surface area contributed by atoms with E-state index in [1.165, 1.54) is 6.92 Å². The molecule has 0 aromatic heterocycles. The van der Waals surface area contributed by atoms with Gasteiger partial charge in [-0.15, -0.1) is 0 Å². The first-order valence-electron chi connectivity index (χ1n) is 10.4. The summed E-state index contributed by atoms with van der Waals surface area (Å²) >= 11 is 0. The van der Waals surface area contributed by atoms with Gasteiger partial charge in [0.05, 0.1) is 13.2 Å². The third-order valence-electron chi connectivity index (χ3n) is 5.40. The zero-order chi connectivity index (χ0) is 21.3. The van der Waals surface area contributed by atoms with E-state index in [0.29, 0.717) is 19.5 Å². The summed E-state index contributed by atoms with van der Waals surface area (Å²) in [6.45, 7) is 3.07. The van der Waals surface area contributed by atoms with Crippen molar-refractivity contribution in [1.29, 1.82) is 0 Å². The summed E-state index contributed by atoms with van der Waals surface area (Å²) in [6.07, 6.45) is 2.48. The molecule has 2 aromatic carbocycles.